The highest BCUT2D eigenvalue weighted by Gasteiger charge is 2.43. The van der Waals surface area contributed by atoms with Gasteiger partial charge in [0.2, 0.25) is 0 Å². The number of aliphatic imine (C=N–C) groups is 1. The molecule has 3 aromatic carbocycles. The first-order valence-electron chi connectivity index (χ1n) is 13.7. The molecule has 0 fully saturated rings. The second kappa shape index (κ2) is 12.7. The van der Waals surface area contributed by atoms with Crippen molar-refractivity contribution in [3.8, 4) is 16.9 Å². The Morgan fingerprint density at radius 3 is 2.12 bits per heavy atom. The van der Waals surface area contributed by atoms with E-state index in [1.165, 1.54) is 7.11 Å². The number of amides is 1. The van der Waals surface area contributed by atoms with Gasteiger partial charge in [-0.1, -0.05) is 48.5 Å². The van der Waals surface area contributed by atoms with Crippen LogP contribution in [0.25, 0.3) is 11.1 Å². The third-order valence-corrected chi connectivity index (χ3v) is 9.79. The predicted octanol–water partition coefficient (Wildman–Crippen LogP) is 4.07. The standard InChI is InChI=1S/C31H36N4O7S/c1-18-16-27(41-4)19(2)20(3)28(18)43(39,40)35(26(29(36)37)14-9-15-34-30(32)33)31(38)42-17-25-23-12-7-5-10-21(23)22-11-6-8-13-24(22)25/h5-8,10-13,16,25-26H,9,14-15,17H2,1-4H3,(H,36,37)(H4,32,33,34). The number of nitrogens with two attached hydrogens (primary N) is 2. The zero-order valence-corrected chi connectivity index (χ0v) is 25.3. The highest BCUT2D eigenvalue weighted by Crippen LogP contribution is 2.44. The minimum atomic E-state index is -4.74. The van der Waals surface area contributed by atoms with Crippen molar-refractivity contribution < 1.29 is 32.6 Å². The molecule has 0 saturated carbocycles. The molecule has 0 bridgehead atoms. The highest BCUT2D eigenvalue weighted by atomic mass is 32.2. The smallest absolute Gasteiger partial charge is 0.424 e. The summed E-state index contributed by atoms with van der Waals surface area (Å²) in [7, 11) is -3.27. The number of guanidine groups is 1. The molecule has 5 N–H and O–H groups in total. The molecule has 43 heavy (non-hydrogen) atoms. The van der Waals surface area contributed by atoms with Gasteiger partial charge < -0.3 is 26.0 Å². The van der Waals surface area contributed by atoms with Gasteiger partial charge in [-0.25, -0.2) is 18.0 Å². The Balaban J connectivity index is 1.74. The molecule has 0 saturated heterocycles. The first kappa shape index (κ1) is 31.4. The summed E-state index contributed by atoms with van der Waals surface area (Å²) in [6.45, 7) is 4.69. The van der Waals surface area contributed by atoms with E-state index >= 15 is 0 Å². The second-order valence-electron chi connectivity index (χ2n) is 10.4. The zero-order valence-electron chi connectivity index (χ0n) is 24.5. The number of carboxylic acid groups (broad SMARTS) is 1. The number of hydrogen-bond acceptors (Lipinski definition) is 7. The van der Waals surface area contributed by atoms with Crippen molar-refractivity contribution in [2.75, 3.05) is 20.3 Å². The Hall–Kier alpha value is -4.58. The van der Waals surface area contributed by atoms with Crippen LogP contribution in [-0.2, 0) is 19.6 Å². The fourth-order valence-corrected chi connectivity index (χ4v) is 7.59. The Morgan fingerprint density at radius 2 is 1.58 bits per heavy atom. The molecule has 1 atom stereocenters. The molecule has 0 aromatic heterocycles. The first-order chi connectivity index (χ1) is 20.4. The van der Waals surface area contributed by atoms with Crippen LogP contribution in [0.3, 0.4) is 0 Å². The van der Waals surface area contributed by atoms with Crippen molar-refractivity contribution in [2.45, 2.75) is 50.5 Å². The van der Waals surface area contributed by atoms with Crippen LogP contribution in [0.2, 0.25) is 0 Å². The van der Waals surface area contributed by atoms with E-state index in [0.717, 1.165) is 22.3 Å². The van der Waals surface area contributed by atoms with Crippen molar-refractivity contribution in [1.29, 1.82) is 0 Å². The fourth-order valence-electron chi connectivity index (χ4n) is 5.61. The Labute approximate surface area is 251 Å². The van der Waals surface area contributed by atoms with Crippen molar-refractivity contribution in [3.05, 3.63) is 82.4 Å². The molecule has 4 rings (SSSR count). The number of nitrogens with zero attached hydrogens (tertiary/aromatic N) is 2. The Kier molecular flexibility index (Phi) is 9.29. The lowest BCUT2D eigenvalue weighted by Crippen LogP contribution is -2.49. The lowest BCUT2D eigenvalue weighted by molar-refractivity contribution is -0.141. The minimum Gasteiger partial charge on any atom is -0.496 e. The van der Waals surface area contributed by atoms with Gasteiger partial charge in [0.05, 0.1) is 12.0 Å². The number of aliphatic carboxylic acids is 1. The molecule has 12 heteroatoms. The van der Waals surface area contributed by atoms with Gasteiger partial charge in [0.25, 0.3) is 10.0 Å². The summed E-state index contributed by atoms with van der Waals surface area (Å²) in [5.41, 5.74) is 15.8. The van der Waals surface area contributed by atoms with Gasteiger partial charge >= 0.3 is 12.1 Å². The van der Waals surface area contributed by atoms with E-state index in [4.69, 9.17) is 20.9 Å². The monoisotopic (exact) mass is 608 g/mol. The number of benzene rings is 3. The van der Waals surface area contributed by atoms with Crippen LogP contribution in [0.4, 0.5) is 4.79 Å². The average molecular weight is 609 g/mol. The summed E-state index contributed by atoms with van der Waals surface area (Å²) in [6, 6.07) is 15.2. The molecule has 0 spiro atoms. The van der Waals surface area contributed by atoms with Crippen molar-refractivity contribution in [1.82, 2.24) is 4.31 Å². The predicted molar refractivity (Wildman–Crippen MR) is 163 cm³/mol. The third kappa shape index (κ3) is 6.14. The van der Waals surface area contributed by atoms with Crippen LogP contribution in [-0.4, -0.2) is 62.2 Å². The molecule has 1 unspecified atom stereocenters. The molecular formula is C31H36N4O7S. The zero-order chi connectivity index (χ0) is 31.5. The normalized spacial score (nSPS) is 13.0. The summed E-state index contributed by atoms with van der Waals surface area (Å²) in [4.78, 5) is 30.1. The minimum absolute atomic E-state index is 0.0460. The molecule has 0 aliphatic heterocycles. The number of fused-ring (bicyclic) bond motifs is 3. The summed E-state index contributed by atoms with van der Waals surface area (Å²) < 4.78 is 40.0. The number of ether oxygens (including phenoxy) is 2. The molecule has 228 valence electrons. The van der Waals surface area contributed by atoms with Gasteiger partial charge in [0.15, 0.2) is 5.96 Å². The molecule has 1 aliphatic carbocycles. The van der Waals surface area contributed by atoms with Crippen molar-refractivity contribution in [3.63, 3.8) is 0 Å². The van der Waals surface area contributed by atoms with Crippen LogP contribution in [0.15, 0.2) is 64.5 Å². The second-order valence-corrected chi connectivity index (χ2v) is 12.1. The molecule has 0 heterocycles. The quantitative estimate of drug-likeness (QED) is 0.165. The van der Waals surface area contributed by atoms with E-state index in [0.29, 0.717) is 26.7 Å². The van der Waals surface area contributed by atoms with Crippen LogP contribution < -0.4 is 16.2 Å². The lowest BCUT2D eigenvalue weighted by atomic mass is 9.98. The van der Waals surface area contributed by atoms with Crippen molar-refractivity contribution >= 4 is 28.0 Å². The maximum Gasteiger partial charge on any atom is 0.424 e. The van der Waals surface area contributed by atoms with Gasteiger partial charge in [-0.2, -0.15) is 4.31 Å². The number of carboxylic acids is 1. The maximum absolute atomic E-state index is 14.3. The number of aryl methyl sites for hydroxylation is 1. The first-order valence-corrected chi connectivity index (χ1v) is 15.2. The molecule has 1 amide bonds. The van der Waals surface area contributed by atoms with Gasteiger partial charge in [-0.3, -0.25) is 4.99 Å². The Morgan fingerprint density at radius 1 is 1.00 bits per heavy atom. The summed E-state index contributed by atoms with van der Waals surface area (Å²) >= 11 is 0. The molecular weight excluding hydrogens is 572 g/mol. The SMILES string of the molecule is COc1cc(C)c(S(=O)(=O)N(C(=O)OCC2c3ccccc3-c3ccccc32)C(CCCN=C(N)N)C(=O)O)c(C)c1C. The average Bonchev–Trinajstić information content (AvgIpc) is 3.28. The third-order valence-electron chi connectivity index (χ3n) is 7.73. The van der Waals surface area contributed by atoms with E-state index in [2.05, 4.69) is 4.99 Å². The van der Waals surface area contributed by atoms with E-state index in [1.54, 1.807) is 26.8 Å². The van der Waals surface area contributed by atoms with E-state index < -0.39 is 28.1 Å². The fraction of sp³-hybridized carbons (Fsp3) is 0.323. The number of rotatable bonds is 11. The van der Waals surface area contributed by atoms with Gasteiger partial charge in [-0.05, 0) is 78.6 Å². The Bertz CT molecular complexity index is 1640. The molecule has 3 aromatic rings. The summed E-state index contributed by atoms with van der Waals surface area (Å²) in [5, 5.41) is 10.2. The molecule has 1 aliphatic rings. The van der Waals surface area contributed by atoms with Crippen molar-refractivity contribution in [2.24, 2.45) is 16.5 Å². The van der Waals surface area contributed by atoms with Gasteiger partial charge in [0.1, 0.15) is 18.4 Å². The van der Waals surface area contributed by atoms with Crippen LogP contribution in [0, 0.1) is 20.8 Å². The van der Waals surface area contributed by atoms with Crippen LogP contribution in [0.1, 0.15) is 46.6 Å². The van der Waals surface area contributed by atoms with Gasteiger partial charge in [-0.15, -0.1) is 0 Å². The lowest BCUT2D eigenvalue weighted by Gasteiger charge is -2.30. The van der Waals surface area contributed by atoms with Gasteiger partial charge in [0, 0.05) is 12.5 Å². The topological polar surface area (TPSA) is 175 Å². The maximum atomic E-state index is 14.3. The number of carbonyl (C=O) groups excluding carboxylic acids is 1. The molecule has 11 nitrogen and oxygen atoms in total. The number of carbonyl (C=O) groups is 2. The number of sulfonamides is 1. The number of hydrogen-bond donors (Lipinski definition) is 3. The van der Waals surface area contributed by atoms with E-state index in [1.807, 2.05) is 48.5 Å². The summed E-state index contributed by atoms with van der Waals surface area (Å²) in [5.74, 6) is -1.60. The van der Waals surface area contributed by atoms with Crippen LogP contribution in [0.5, 0.6) is 5.75 Å². The molecule has 0 radical (unpaired) electrons. The number of methoxy groups -OCH3 is 1. The summed E-state index contributed by atoms with van der Waals surface area (Å²) in [6.07, 6.45) is -1.44. The van der Waals surface area contributed by atoms with E-state index in [9.17, 15) is 23.1 Å². The largest absolute Gasteiger partial charge is 0.496 e. The van der Waals surface area contributed by atoms with Crippen LogP contribution >= 0.6 is 0 Å². The van der Waals surface area contributed by atoms with E-state index in [-0.39, 0.29) is 42.8 Å². The highest BCUT2D eigenvalue weighted by molar-refractivity contribution is 7.89.